The van der Waals surface area contributed by atoms with Gasteiger partial charge >= 0.3 is 5.97 Å². The molecular weight excluding hydrogens is 260 g/mol. The number of carbonyl (C=O) groups is 3. The molecule has 1 aliphatic heterocycles. The van der Waals surface area contributed by atoms with Crippen molar-refractivity contribution in [3.63, 3.8) is 0 Å². The van der Waals surface area contributed by atoms with Gasteiger partial charge in [0.15, 0.2) is 5.78 Å². The highest BCUT2D eigenvalue weighted by atomic mass is 16.5. The summed E-state index contributed by atoms with van der Waals surface area (Å²) in [6.45, 7) is 2.42. The highest BCUT2D eigenvalue weighted by Crippen LogP contribution is 2.19. The van der Waals surface area contributed by atoms with Gasteiger partial charge in [0, 0.05) is 24.8 Å². The van der Waals surface area contributed by atoms with Gasteiger partial charge in [-0.1, -0.05) is 0 Å². The number of hydrogen-bond acceptors (Lipinski definition) is 4. The molecule has 1 aliphatic rings. The van der Waals surface area contributed by atoms with Crippen LogP contribution in [-0.4, -0.2) is 47.7 Å². The van der Waals surface area contributed by atoms with Gasteiger partial charge in [0.1, 0.15) is 5.69 Å². The number of Topliss-reactive ketones (excluding diaryl/α,β-unsaturated/α-hetero) is 1. The van der Waals surface area contributed by atoms with Gasteiger partial charge in [0.25, 0.3) is 5.91 Å². The molecule has 1 atom stereocenters. The van der Waals surface area contributed by atoms with Gasteiger partial charge in [0.05, 0.1) is 13.0 Å². The summed E-state index contributed by atoms with van der Waals surface area (Å²) in [7, 11) is 1.35. The third-order valence-corrected chi connectivity index (χ3v) is 3.56. The van der Waals surface area contributed by atoms with Crippen LogP contribution in [-0.2, 0) is 9.53 Å². The molecule has 6 heteroatoms. The second-order valence-corrected chi connectivity index (χ2v) is 4.97. The molecule has 0 spiro atoms. The Kier molecular flexibility index (Phi) is 4.22. The van der Waals surface area contributed by atoms with E-state index in [9.17, 15) is 14.4 Å². The number of aromatic nitrogens is 1. The number of aromatic amines is 1. The fourth-order valence-corrected chi connectivity index (χ4v) is 2.41. The molecule has 1 aromatic heterocycles. The number of nitrogens with zero attached hydrogens (tertiary/aromatic N) is 1. The second-order valence-electron chi connectivity index (χ2n) is 4.97. The van der Waals surface area contributed by atoms with Crippen LogP contribution in [0.1, 0.15) is 40.6 Å². The van der Waals surface area contributed by atoms with Gasteiger partial charge in [-0.05, 0) is 25.8 Å². The van der Waals surface area contributed by atoms with Gasteiger partial charge in [-0.25, -0.2) is 0 Å². The molecule has 6 nitrogen and oxygen atoms in total. The molecule has 1 N–H and O–H groups in total. The van der Waals surface area contributed by atoms with Gasteiger partial charge in [-0.2, -0.15) is 0 Å². The molecule has 1 unspecified atom stereocenters. The number of amides is 1. The van der Waals surface area contributed by atoms with Crippen molar-refractivity contribution in [1.82, 2.24) is 9.88 Å². The summed E-state index contributed by atoms with van der Waals surface area (Å²) >= 11 is 0. The minimum absolute atomic E-state index is 0.0913. The number of rotatable bonds is 3. The van der Waals surface area contributed by atoms with Crippen LogP contribution in [0.15, 0.2) is 12.3 Å². The highest BCUT2D eigenvalue weighted by Gasteiger charge is 2.30. The summed E-state index contributed by atoms with van der Waals surface area (Å²) in [6.07, 6.45) is 3.03. The zero-order valence-electron chi connectivity index (χ0n) is 11.6. The van der Waals surface area contributed by atoms with Gasteiger partial charge < -0.3 is 14.6 Å². The largest absolute Gasteiger partial charge is 0.469 e. The number of ketones is 1. The predicted molar refractivity (Wildman–Crippen MR) is 71.4 cm³/mol. The minimum atomic E-state index is -0.279. The fraction of sp³-hybridized carbons (Fsp3) is 0.500. The van der Waals surface area contributed by atoms with Crippen LogP contribution in [0.3, 0.4) is 0 Å². The molecule has 20 heavy (non-hydrogen) atoms. The first kappa shape index (κ1) is 14.3. The second kappa shape index (κ2) is 5.90. The Bertz CT molecular complexity index is 535. The van der Waals surface area contributed by atoms with E-state index >= 15 is 0 Å². The Labute approximate surface area is 117 Å². The summed E-state index contributed by atoms with van der Waals surface area (Å²) in [5, 5.41) is 0. The van der Waals surface area contributed by atoms with Crippen LogP contribution in [0, 0.1) is 5.92 Å². The van der Waals surface area contributed by atoms with Crippen molar-refractivity contribution in [2.75, 3.05) is 20.2 Å². The summed E-state index contributed by atoms with van der Waals surface area (Å²) in [4.78, 5) is 39.5. The van der Waals surface area contributed by atoms with Gasteiger partial charge in [0.2, 0.25) is 0 Å². The highest BCUT2D eigenvalue weighted by molar-refractivity contribution is 5.99. The first-order valence-corrected chi connectivity index (χ1v) is 6.59. The van der Waals surface area contributed by atoms with Crippen molar-refractivity contribution in [2.24, 2.45) is 5.92 Å². The molecule has 1 aromatic rings. The molecule has 108 valence electrons. The van der Waals surface area contributed by atoms with E-state index in [2.05, 4.69) is 4.98 Å². The van der Waals surface area contributed by atoms with E-state index in [4.69, 9.17) is 4.74 Å². The lowest BCUT2D eigenvalue weighted by molar-refractivity contribution is -0.146. The number of piperidine rings is 1. The average Bonchev–Trinajstić information content (AvgIpc) is 2.95. The van der Waals surface area contributed by atoms with E-state index in [1.807, 2.05) is 0 Å². The van der Waals surface area contributed by atoms with Crippen LogP contribution in [0.25, 0.3) is 0 Å². The number of methoxy groups -OCH3 is 1. The van der Waals surface area contributed by atoms with Crippen LogP contribution in [0.5, 0.6) is 0 Å². The monoisotopic (exact) mass is 278 g/mol. The van der Waals surface area contributed by atoms with Crippen molar-refractivity contribution >= 4 is 17.7 Å². The maximum atomic E-state index is 12.3. The van der Waals surface area contributed by atoms with E-state index in [0.717, 1.165) is 12.8 Å². The van der Waals surface area contributed by atoms with Crippen LogP contribution >= 0.6 is 0 Å². The lowest BCUT2D eigenvalue weighted by Gasteiger charge is -2.31. The lowest BCUT2D eigenvalue weighted by Crippen LogP contribution is -2.42. The first-order chi connectivity index (χ1) is 9.52. The Morgan fingerprint density at radius 2 is 2.15 bits per heavy atom. The summed E-state index contributed by atoms with van der Waals surface area (Å²) in [5.74, 6) is -0.823. The minimum Gasteiger partial charge on any atom is -0.469 e. The van der Waals surface area contributed by atoms with Crippen molar-refractivity contribution in [3.05, 3.63) is 23.5 Å². The molecule has 2 heterocycles. The van der Waals surface area contributed by atoms with E-state index in [1.54, 1.807) is 11.0 Å². The van der Waals surface area contributed by atoms with Crippen LogP contribution in [0.2, 0.25) is 0 Å². The molecule has 0 saturated carbocycles. The number of ether oxygens (including phenoxy) is 1. The fourth-order valence-electron chi connectivity index (χ4n) is 2.41. The smallest absolute Gasteiger partial charge is 0.310 e. The molecule has 1 amide bonds. The van der Waals surface area contributed by atoms with Gasteiger partial charge in [-0.15, -0.1) is 0 Å². The average molecular weight is 278 g/mol. The number of hydrogen-bond donors (Lipinski definition) is 1. The molecule has 1 saturated heterocycles. The van der Waals surface area contributed by atoms with Gasteiger partial charge in [-0.3, -0.25) is 14.4 Å². The van der Waals surface area contributed by atoms with Crippen molar-refractivity contribution < 1.29 is 19.1 Å². The van der Waals surface area contributed by atoms with Crippen molar-refractivity contribution in [2.45, 2.75) is 19.8 Å². The first-order valence-electron chi connectivity index (χ1n) is 6.59. The number of carbonyl (C=O) groups excluding carboxylic acids is 3. The SMILES string of the molecule is COC(=O)C1CCCN(C(=O)c2cc(C(C)=O)c[nH]2)C1. The number of likely N-dealkylation sites (tertiary alicyclic amines) is 1. The summed E-state index contributed by atoms with van der Waals surface area (Å²) in [5.41, 5.74) is 0.857. The zero-order valence-corrected chi connectivity index (χ0v) is 11.6. The van der Waals surface area contributed by atoms with Crippen molar-refractivity contribution in [1.29, 1.82) is 0 Å². The molecule has 0 aliphatic carbocycles. The standard InChI is InChI=1S/C14H18N2O4/c1-9(17)11-6-12(15-7-11)13(18)16-5-3-4-10(8-16)14(19)20-2/h6-7,10,15H,3-5,8H2,1-2H3. The molecule has 0 bridgehead atoms. The molecule has 2 rings (SSSR count). The van der Waals surface area contributed by atoms with E-state index in [1.165, 1.54) is 20.2 Å². The third kappa shape index (κ3) is 2.89. The predicted octanol–water partition coefficient (Wildman–Crippen LogP) is 1.24. The Morgan fingerprint density at radius 3 is 2.75 bits per heavy atom. The van der Waals surface area contributed by atoms with Crippen LogP contribution < -0.4 is 0 Å². The third-order valence-electron chi connectivity index (χ3n) is 3.56. The molecule has 1 fully saturated rings. The number of nitrogens with one attached hydrogen (secondary N) is 1. The summed E-state index contributed by atoms with van der Waals surface area (Å²) < 4.78 is 4.73. The molecule has 0 radical (unpaired) electrons. The maximum absolute atomic E-state index is 12.3. The number of H-pyrrole nitrogens is 1. The quantitative estimate of drug-likeness (QED) is 0.666. The van der Waals surface area contributed by atoms with Crippen LogP contribution in [0.4, 0.5) is 0 Å². The lowest BCUT2D eigenvalue weighted by atomic mass is 9.98. The Morgan fingerprint density at radius 1 is 1.40 bits per heavy atom. The normalized spacial score (nSPS) is 18.7. The van der Waals surface area contributed by atoms with E-state index < -0.39 is 0 Å². The molecule has 0 aromatic carbocycles. The van der Waals surface area contributed by atoms with E-state index in [0.29, 0.717) is 24.3 Å². The maximum Gasteiger partial charge on any atom is 0.310 e. The zero-order chi connectivity index (χ0) is 14.7. The number of esters is 1. The summed E-state index contributed by atoms with van der Waals surface area (Å²) in [6, 6.07) is 1.55. The Hall–Kier alpha value is -2.11. The van der Waals surface area contributed by atoms with Crippen molar-refractivity contribution in [3.8, 4) is 0 Å². The Balaban J connectivity index is 2.08. The molecular formula is C14H18N2O4. The topological polar surface area (TPSA) is 79.5 Å². The van der Waals surface area contributed by atoms with E-state index in [-0.39, 0.29) is 23.6 Å².